The highest BCUT2D eigenvalue weighted by Crippen LogP contribution is 2.03. The van der Waals surface area contributed by atoms with Gasteiger partial charge in [-0.2, -0.15) is 0 Å². The first-order chi connectivity index (χ1) is 6.29. The van der Waals surface area contributed by atoms with Crippen molar-refractivity contribution in [2.45, 2.75) is 0 Å². The molecule has 0 aliphatic heterocycles. The highest BCUT2D eigenvalue weighted by Gasteiger charge is 1.88. The molecule has 1 aromatic rings. The van der Waals surface area contributed by atoms with Gasteiger partial charge < -0.3 is 5.32 Å². The molecule has 2 N–H and O–H groups in total. The first kappa shape index (κ1) is 10.0. The average molecular weight is 200 g/mol. The average Bonchev–Trinajstić information content (AvgIpc) is 2.14. The Morgan fingerprint density at radius 2 is 1.77 bits per heavy atom. The monoisotopic (exact) mass is 200 g/mol. The molecule has 0 aliphatic rings. The zero-order chi connectivity index (χ0) is 9.52. The minimum atomic E-state index is -2.47. The van der Waals surface area contributed by atoms with E-state index in [1.807, 2.05) is 30.3 Å². The van der Waals surface area contributed by atoms with Crippen LogP contribution in [0.25, 0.3) is 0 Å². The third-order valence-electron chi connectivity index (χ3n) is 1.47. The van der Waals surface area contributed by atoms with E-state index in [-0.39, 0.29) is 0 Å². The van der Waals surface area contributed by atoms with E-state index < -0.39 is 10.9 Å². The largest absolute Gasteiger partial charge is 0.384 e. The lowest BCUT2D eigenvalue weighted by Gasteiger charge is -2.03. The summed E-state index contributed by atoms with van der Waals surface area (Å²) in [7, 11) is -2.47. The summed E-state index contributed by atoms with van der Waals surface area (Å²) in [6, 6.07) is 9.63. The van der Waals surface area contributed by atoms with Gasteiger partial charge in [0.25, 0.3) is 0 Å². The molecule has 4 nitrogen and oxygen atoms in total. The maximum Gasteiger partial charge on any atom is 0.201 e. The van der Waals surface area contributed by atoms with Crippen molar-refractivity contribution in [3.05, 3.63) is 30.3 Å². The molecule has 72 valence electrons. The fourth-order valence-corrected chi connectivity index (χ4v) is 1.20. The Morgan fingerprint density at radius 1 is 1.08 bits per heavy atom. The van der Waals surface area contributed by atoms with Gasteiger partial charge in [-0.15, -0.1) is 0 Å². The molecule has 5 heteroatoms. The Bertz CT molecular complexity index is 303. The van der Waals surface area contributed by atoms with Gasteiger partial charge in [0.15, 0.2) is 0 Å². The van der Waals surface area contributed by atoms with E-state index in [4.69, 9.17) is 0 Å². The van der Waals surface area contributed by atoms with Crippen LogP contribution in [0.2, 0.25) is 0 Å². The molecule has 1 aromatic carbocycles. The first-order valence-electron chi connectivity index (χ1n) is 3.96. The minimum Gasteiger partial charge on any atom is -0.384 e. The van der Waals surface area contributed by atoms with Crippen LogP contribution in [0.3, 0.4) is 0 Å². The quantitative estimate of drug-likeness (QED) is 0.470. The van der Waals surface area contributed by atoms with Crippen molar-refractivity contribution < 1.29 is 8.42 Å². The number of hydrogen-bond donors (Lipinski definition) is 3. The summed E-state index contributed by atoms with van der Waals surface area (Å²) >= 11 is 0. The lowest BCUT2D eigenvalue weighted by atomic mass is 10.3. The summed E-state index contributed by atoms with van der Waals surface area (Å²) in [5.74, 6) is 0. The molecule has 0 radical (unpaired) electrons. The standard InChI is InChI=1S/C8H12N2O2S/c11-13(12)10-7-6-9-8-4-2-1-3-5-8/h1-5,9,13H,6-7H2,(H,10,11,12). The molecular weight excluding hydrogens is 188 g/mol. The Labute approximate surface area is 79.1 Å². The van der Waals surface area contributed by atoms with Crippen molar-refractivity contribution in [2.24, 2.45) is 0 Å². The Kier molecular flexibility index (Phi) is 4.28. The van der Waals surface area contributed by atoms with E-state index in [1.54, 1.807) is 0 Å². The van der Waals surface area contributed by atoms with Gasteiger partial charge in [0.1, 0.15) is 0 Å². The fourth-order valence-electron chi connectivity index (χ4n) is 0.910. The van der Waals surface area contributed by atoms with Crippen LogP contribution in [0, 0.1) is 0 Å². The third kappa shape index (κ3) is 4.49. The number of thiol groups is 1. The summed E-state index contributed by atoms with van der Waals surface area (Å²) < 4.78 is 22.5. The topological polar surface area (TPSA) is 58.2 Å². The number of anilines is 1. The van der Waals surface area contributed by atoms with E-state index in [2.05, 4.69) is 10.0 Å². The summed E-state index contributed by atoms with van der Waals surface area (Å²) in [6.07, 6.45) is 0. The van der Waals surface area contributed by atoms with Crippen LogP contribution < -0.4 is 10.0 Å². The third-order valence-corrected chi connectivity index (χ3v) is 1.95. The van der Waals surface area contributed by atoms with Crippen LogP contribution in [-0.4, -0.2) is 21.5 Å². The number of benzene rings is 1. The first-order valence-corrected chi connectivity index (χ1v) is 5.13. The highest BCUT2D eigenvalue weighted by molar-refractivity contribution is 7.70. The molecule has 0 aromatic heterocycles. The second-order valence-corrected chi connectivity index (χ2v) is 3.29. The van der Waals surface area contributed by atoms with Gasteiger partial charge >= 0.3 is 0 Å². The lowest BCUT2D eigenvalue weighted by Crippen LogP contribution is -2.20. The van der Waals surface area contributed by atoms with E-state index in [0.29, 0.717) is 13.1 Å². The predicted octanol–water partition coefficient (Wildman–Crippen LogP) is 0.214. The molecule has 1 rings (SSSR count). The summed E-state index contributed by atoms with van der Waals surface area (Å²) in [6.45, 7) is 1.00. The number of rotatable bonds is 5. The van der Waals surface area contributed by atoms with E-state index >= 15 is 0 Å². The molecule has 0 atom stereocenters. The molecule has 0 amide bonds. The van der Waals surface area contributed by atoms with Gasteiger partial charge in [-0.3, -0.25) is 0 Å². The minimum absolute atomic E-state index is 0.410. The van der Waals surface area contributed by atoms with Crippen molar-refractivity contribution in [3.8, 4) is 0 Å². The van der Waals surface area contributed by atoms with Crippen LogP contribution in [0.15, 0.2) is 30.3 Å². The summed E-state index contributed by atoms with van der Waals surface area (Å²) in [4.78, 5) is 0. The molecule has 0 saturated heterocycles. The van der Waals surface area contributed by atoms with Gasteiger partial charge in [-0.25, -0.2) is 13.1 Å². The Balaban J connectivity index is 2.20. The maximum absolute atomic E-state index is 10.1. The van der Waals surface area contributed by atoms with E-state index in [0.717, 1.165) is 5.69 Å². The molecule has 0 fully saturated rings. The van der Waals surface area contributed by atoms with Crippen molar-refractivity contribution in [1.82, 2.24) is 4.72 Å². The predicted molar refractivity (Wildman–Crippen MR) is 53.2 cm³/mol. The fraction of sp³-hybridized carbons (Fsp3) is 0.250. The van der Waals surface area contributed by atoms with E-state index in [1.165, 1.54) is 0 Å². The van der Waals surface area contributed by atoms with Gasteiger partial charge in [-0.1, -0.05) is 18.2 Å². The van der Waals surface area contributed by atoms with Gasteiger partial charge in [0, 0.05) is 18.8 Å². The molecule has 0 unspecified atom stereocenters. The maximum atomic E-state index is 10.1. The van der Waals surface area contributed by atoms with Crippen LogP contribution in [-0.2, 0) is 10.9 Å². The molecule has 0 spiro atoms. The van der Waals surface area contributed by atoms with Crippen molar-refractivity contribution >= 4 is 16.6 Å². The van der Waals surface area contributed by atoms with Gasteiger partial charge in [0.2, 0.25) is 10.9 Å². The molecule has 13 heavy (non-hydrogen) atoms. The number of nitrogens with one attached hydrogen (secondary N) is 2. The summed E-state index contributed by atoms with van der Waals surface area (Å²) in [5.41, 5.74) is 0.991. The highest BCUT2D eigenvalue weighted by atomic mass is 32.2. The van der Waals surface area contributed by atoms with Crippen LogP contribution in [0.5, 0.6) is 0 Å². The van der Waals surface area contributed by atoms with Crippen molar-refractivity contribution in [3.63, 3.8) is 0 Å². The smallest absolute Gasteiger partial charge is 0.201 e. The number of para-hydroxylation sites is 1. The summed E-state index contributed by atoms with van der Waals surface area (Å²) in [5, 5.41) is 3.07. The lowest BCUT2D eigenvalue weighted by molar-refractivity contribution is 0.603. The molecule has 0 saturated carbocycles. The molecule has 0 heterocycles. The SMILES string of the molecule is O=[SH](=O)NCCNc1ccccc1. The molecule has 0 bridgehead atoms. The zero-order valence-corrected chi connectivity index (χ0v) is 7.96. The van der Waals surface area contributed by atoms with Crippen LogP contribution in [0.4, 0.5) is 5.69 Å². The Hall–Kier alpha value is -1.07. The van der Waals surface area contributed by atoms with Gasteiger partial charge in [-0.05, 0) is 12.1 Å². The van der Waals surface area contributed by atoms with Crippen molar-refractivity contribution in [1.29, 1.82) is 0 Å². The normalized spacial score (nSPS) is 10.2. The zero-order valence-electron chi connectivity index (χ0n) is 7.06. The van der Waals surface area contributed by atoms with Crippen LogP contribution >= 0.6 is 0 Å². The van der Waals surface area contributed by atoms with Crippen LogP contribution in [0.1, 0.15) is 0 Å². The van der Waals surface area contributed by atoms with E-state index in [9.17, 15) is 8.42 Å². The van der Waals surface area contributed by atoms with Crippen molar-refractivity contribution in [2.75, 3.05) is 18.4 Å². The second-order valence-electron chi connectivity index (χ2n) is 2.46. The molecule has 0 aliphatic carbocycles. The molecular formula is C8H12N2O2S. The van der Waals surface area contributed by atoms with Gasteiger partial charge in [0.05, 0.1) is 0 Å². The Morgan fingerprint density at radius 3 is 2.38 bits per heavy atom. The second kappa shape index (κ2) is 5.55. The number of hydrogen-bond acceptors (Lipinski definition) is 3.